The third-order valence-electron chi connectivity index (χ3n) is 6.50. The summed E-state index contributed by atoms with van der Waals surface area (Å²) in [5.41, 5.74) is 9.54. The summed E-state index contributed by atoms with van der Waals surface area (Å²) >= 11 is 0. The number of hydrogen-bond acceptors (Lipinski definition) is 1. The van der Waals surface area contributed by atoms with E-state index in [0.717, 1.165) is 25.1 Å². The van der Waals surface area contributed by atoms with Crippen molar-refractivity contribution in [3.63, 3.8) is 0 Å². The molecule has 0 spiro atoms. The summed E-state index contributed by atoms with van der Waals surface area (Å²) in [7, 11) is 0. The summed E-state index contributed by atoms with van der Waals surface area (Å²) in [6.45, 7) is 11.6. The predicted molar refractivity (Wildman–Crippen MR) is 143 cm³/mol. The molecule has 0 radical (unpaired) electrons. The SMILES string of the molecule is C/C=C\C=C\c1ccc2c(c1)C(CC)(CC)c1cc(/C=C/C3=CC=CCN3)ccc1-2.CC. The highest BCUT2D eigenvalue weighted by Crippen LogP contribution is 2.53. The van der Waals surface area contributed by atoms with Crippen molar-refractivity contribution in [3.05, 3.63) is 107 Å². The Kier molecular flexibility index (Phi) is 8.11. The predicted octanol–water partition coefficient (Wildman–Crippen LogP) is 8.45. The van der Waals surface area contributed by atoms with Gasteiger partial charge in [-0.25, -0.2) is 0 Å². The monoisotopic (exact) mass is 423 g/mol. The molecule has 0 bridgehead atoms. The summed E-state index contributed by atoms with van der Waals surface area (Å²) in [4.78, 5) is 0. The molecule has 0 saturated carbocycles. The van der Waals surface area contributed by atoms with Gasteiger partial charge in [0.25, 0.3) is 0 Å². The van der Waals surface area contributed by atoms with Gasteiger partial charge in [0.1, 0.15) is 0 Å². The number of allylic oxidation sites excluding steroid dienone is 6. The van der Waals surface area contributed by atoms with Crippen LogP contribution in [0.15, 0.2) is 84.6 Å². The first-order chi connectivity index (χ1) is 15.7. The fourth-order valence-corrected chi connectivity index (χ4v) is 4.80. The van der Waals surface area contributed by atoms with Crippen LogP contribution in [0.25, 0.3) is 23.3 Å². The number of hydrogen-bond donors (Lipinski definition) is 1. The molecule has 166 valence electrons. The van der Waals surface area contributed by atoms with E-state index in [1.54, 1.807) is 0 Å². The van der Waals surface area contributed by atoms with Gasteiger partial charge in [-0.1, -0.05) is 107 Å². The molecule has 1 N–H and O–H groups in total. The van der Waals surface area contributed by atoms with Crippen molar-refractivity contribution in [1.29, 1.82) is 0 Å². The van der Waals surface area contributed by atoms with Gasteiger partial charge in [-0.15, -0.1) is 0 Å². The zero-order chi connectivity index (χ0) is 23.0. The van der Waals surface area contributed by atoms with Crippen molar-refractivity contribution < 1.29 is 0 Å². The molecule has 2 aliphatic rings. The zero-order valence-electron chi connectivity index (χ0n) is 20.3. The Hall–Kier alpha value is -3.06. The summed E-state index contributed by atoms with van der Waals surface area (Å²) in [6.07, 6.45) is 21.4. The first kappa shape index (κ1) is 23.6. The lowest BCUT2D eigenvalue weighted by Gasteiger charge is -2.30. The Balaban J connectivity index is 0.00000141. The molecule has 0 atom stereocenters. The molecule has 1 aliphatic heterocycles. The second kappa shape index (κ2) is 11.0. The summed E-state index contributed by atoms with van der Waals surface area (Å²) in [5.74, 6) is 0. The largest absolute Gasteiger partial charge is 0.382 e. The standard InChI is InChI=1S/C29H31N.C2H6/c1-4-7-8-11-22-14-17-25-26-18-15-23(13-16-24-12-9-10-19-30-24)21-28(26)29(5-2,6-3)27(25)20-22;1-2/h4,7-18,20-21,30H,5-6,19H2,1-3H3;1-2H3/b7-4-,11-8+,16-13+;. The average Bonchev–Trinajstić information content (AvgIpc) is 3.13. The van der Waals surface area contributed by atoms with Gasteiger partial charge in [0, 0.05) is 17.7 Å². The lowest BCUT2D eigenvalue weighted by molar-refractivity contribution is 0.490. The maximum Gasteiger partial charge on any atom is 0.0342 e. The van der Waals surface area contributed by atoms with E-state index in [1.807, 2.05) is 20.8 Å². The van der Waals surface area contributed by atoms with Crippen molar-refractivity contribution in [2.75, 3.05) is 6.54 Å². The molecule has 0 saturated heterocycles. The van der Waals surface area contributed by atoms with E-state index in [9.17, 15) is 0 Å². The number of benzene rings is 2. The van der Waals surface area contributed by atoms with Crippen LogP contribution in [0.4, 0.5) is 0 Å². The molecule has 1 nitrogen and oxygen atoms in total. The molecule has 0 amide bonds. The van der Waals surface area contributed by atoms with E-state index in [1.165, 1.54) is 33.4 Å². The topological polar surface area (TPSA) is 12.0 Å². The van der Waals surface area contributed by atoms with Crippen LogP contribution in [0.1, 0.15) is 69.7 Å². The minimum absolute atomic E-state index is 0.0874. The van der Waals surface area contributed by atoms with Crippen LogP contribution in [0, 0.1) is 0 Å². The highest BCUT2D eigenvalue weighted by Gasteiger charge is 2.40. The number of dihydropyridines is 1. The van der Waals surface area contributed by atoms with E-state index in [2.05, 4.69) is 110 Å². The molecule has 1 heterocycles. The quantitative estimate of drug-likeness (QED) is 0.460. The minimum atomic E-state index is 0.0874. The van der Waals surface area contributed by atoms with Gasteiger partial charge in [-0.05, 0) is 65.3 Å². The molecule has 2 aromatic carbocycles. The fourth-order valence-electron chi connectivity index (χ4n) is 4.80. The molecule has 4 rings (SSSR count). The third kappa shape index (κ3) is 4.58. The number of rotatable bonds is 6. The van der Waals surface area contributed by atoms with Crippen molar-refractivity contribution in [2.45, 2.75) is 52.9 Å². The maximum absolute atomic E-state index is 3.40. The molecule has 0 fully saturated rings. The smallest absolute Gasteiger partial charge is 0.0342 e. The van der Waals surface area contributed by atoms with Crippen LogP contribution in [-0.4, -0.2) is 6.54 Å². The highest BCUT2D eigenvalue weighted by molar-refractivity contribution is 5.83. The fraction of sp³-hybridized carbons (Fsp3) is 0.290. The van der Waals surface area contributed by atoms with Gasteiger partial charge in [-0.2, -0.15) is 0 Å². The van der Waals surface area contributed by atoms with Crippen molar-refractivity contribution in [1.82, 2.24) is 5.32 Å². The first-order valence-corrected chi connectivity index (χ1v) is 12.1. The van der Waals surface area contributed by atoms with Gasteiger partial charge in [0.15, 0.2) is 0 Å². The molecule has 0 aromatic heterocycles. The third-order valence-corrected chi connectivity index (χ3v) is 6.50. The molecule has 32 heavy (non-hydrogen) atoms. The Labute approximate surface area is 195 Å². The average molecular weight is 424 g/mol. The number of nitrogens with one attached hydrogen (secondary N) is 1. The highest BCUT2D eigenvalue weighted by atomic mass is 14.9. The van der Waals surface area contributed by atoms with Gasteiger partial charge in [0.05, 0.1) is 0 Å². The lowest BCUT2D eigenvalue weighted by Crippen LogP contribution is -2.23. The first-order valence-electron chi connectivity index (χ1n) is 12.1. The van der Waals surface area contributed by atoms with E-state index in [0.29, 0.717) is 0 Å². The van der Waals surface area contributed by atoms with Crippen LogP contribution in [-0.2, 0) is 5.41 Å². The van der Waals surface area contributed by atoms with E-state index in [-0.39, 0.29) is 5.41 Å². The summed E-state index contributed by atoms with van der Waals surface area (Å²) < 4.78 is 0. The molecule has 2 aromatic rings. The Morgan fingerprint density at radius 3 is 2.00 bits per heavy atom. The second-order valence-corrected chi connectivity index (χ2v) is 8.05. The zero-order valence-corrected chi connectivity index (χ0v) is 20.3. The lowest BCUT2D eigenvalue weighted by atomic mass is 9.73. The Morgan fingerprint density at radius 2 is 1.47 bits per heavy atom. The van der Waals surface area contributed by atoms with Crippen molar-refractivity contribution in [3.8, 4) is 11.1 Å². The molecular weight excluding hydrogens is 386 g/mol. The van der Waals surface area contributed by atoms with Crippen LogP contribution in [0.2, 0.25) is 0 Å². The van der Waals surface area contributed by atoms with Gasteiger partial charge >= 0.3 is 0 Å². The van der Waals surface area contributed by atoms with Gasteiger partial charge < -0.3 is 5.32 Å². The molecular formula is C31H37N. The van der Waals surface area contributed by atoms with E-state index >= 15 is 0 Å². The Morgan fingerprint density at radius 1 is 0.844 bits per heavy atom. The second-order valence-electron chi connectivity index (χ2n) is 8.05. The van der Waals surface area contributed by atoms with Gasteiger partial charge in [-0.3, -0.25) is 0 Å². The van der Waals surface area contributed by atoms with Crippen molar-refractivity contribution >= 4 is 12.2 Å². The number of fused-ring (bicyclic) bond motifs is 3. The van der Waals surface area contributed by atoms with Gasteiger partial charge in [0.2, 0.25) is 0 Å². The Bertz CT molecular complexity index is 1070. The van der Waals surface area contributed by atoms with E-state index in [4.69, 9.17) is 0 Å². The molecule has 1 aliphatic carbocycles. The summed E-state index contributed by atoms with van der Waals surface area (Å²) in [5, 5.41) is 3.40. The van der Waals surface area contributed by atoms with Crippen LogP contribution >= 0.6 is 0 Å². The maximum atomic E-state index is 3.40. The van der Waals surface area contributed by atoms with Crippen LogP contribution in [0.3, 0.4) is 0 Å². The summed E-state index contributed by atoms with van der Waals surface area (Å²) in [6, 6.07) is 13.9. The normalized spacial score (nSPS) is 16.0. The van der Waals surface area contributed by atoms with E-state index < -0.39 is 0 Å². The minimum Gasteiger partial charge on any atom is -0.382 e. The van der Waals surface area contributed by atoms with Crippen molar-refractivity contribution in [2.24, 2.45) is 0 Å². The van der Waals surface area contributed by atoms with Crippen LogP contribution in [0.5, 0.6) is 0 Å². The molecule has 1 heteroatoms. The molecule has 0 unspecified atom stereocenters. The van der Waals surface area contributed by atoms with Crippen LogP contribution < -0.4 is 5.32 Å².